The third-order valence-electron chi connectivity index (χ3n) is 4.50. The van der Waals surface area contributed by atoms with Gasteiger partial charge >= 0.3 is 0 Å². The number of methoxy groups -OCH3 is 1. The SMILES string of the molecule is COc1ccc(OCC(O)Cn2c[n+](C)c3cc(C)c(C)cc32)cc1. The highest BCUT2D eigenvalue weighted by Gasteiger charge is 2.18. The van der Waals surface area contributed by atoms with E-state index in [1.807, 2.05) is 37.6 Å². The molecule has 132 valence electrons. The molecule has 0 radical (unpaired) electrons. The van der Waals surface area contributed by atoms with Crippen molar-refractivity contribution in [2.24, 2.45) is 7.05 Å². The number of fused-ring (bicyclic) bond motifs is 1. The number of hydrogen-bond acceptors (Lipinski definition) is 3. The lowest BCUT2D eigenvalue weighted by atomic mass is 10.1. The van der Waals surface area contributed by atoms with Gasteiger partial charge in [0, 0.05) is 0 Å². The maximum atomic E-state index is 10.4. The number of benzene rings is 2. The van der Waals surface area contributed by atoms with Gasteiger partial charge in [0.25, 0.3) is 0 Å². The summed E-state index contributed by atoms with van der Waals surface area (Å²) < 4.78 is 15.0. The lowest BCUT2D eigenvalue weighted by Crippen LogP contribution is -2.27. The average molecular weight is 341 g/mol. The molecule has 0 fully saturated rings. The molecule has 0 saturated carbocycles. The summed E-state index contributed by atoms with van der Waals surface area (Å²) in [5, 5.41) is 10.4. The van der Waals surface area contributed by atoms with Crippen LogP contribution in [0.1, 0.15) is 11.1 Å². The minimum absolute atomic E-state index is 0.237. The fraction of sp³-hybridized carbons (Fsp3) is 0.350. The minimum atomic E-state index is -0.598. The molecule has 5 nitrogen and oxygen atoms in total. The van der Waals surface area contributed by atoms with Gasteiger partial charge in [-0.15, -0.1) is 0 Å². The summed E-state index contributed by atoms with van der Waals surface area (Å²) in [5.41, 5.74) is 4.79. The van der Waals surface area contributed by atoms with Crippen molar-refractivity contribution in [1.82, 2.24) is 4.57 Å². The van der Waals surface area contributed by atoms with Gasteiger partial charge in [-0.25, -0.2) is 9.13 Å². The van der Waals surface area contributed by atoms with E-state index in [1.54, 1.807) is 7.11 Å². The molecule has 2 aromatic carbocycles. The van der Waals surface area contributed by atoms with Gasteiger partial charge in [-0.1, -0.05) is 0 Å². The van der Waals surface area contributed by atoms with Crippen molar-refractivity contribution in [2.45, 2.75) is 26.5 Å². The van der Waals surface area contributed by atoms with Crippen LogP contribution in [0.3, 0.4) is 0 Å². The first-order chi connectivity index (χ1) is 12.0. The molecule has 0 amide bonds. The average Bonchev–Trinajstić information content (AvgIpc) is 2.89. The second-order valence-corrected chi connectivity index (χ2v) is 6.44. The molecule has 3 rings (SSSR count). The van der Waals surface area contributed by atoms with Gasteiger partial charge in [0.1, 0.15) is 30.8 Å². The van der Waals surface area contributed by atoms with E-state index in [9.17, 15) is 5.11 Å². The van der Waals surface area contributed by atoms with Crippen LogP contribution in [0.15, 0.2) is 42.7 Å². The number of aliphatic hydroxyl groups excluding tert-OH is 1. The Kier molecular flexibility index (Phi) is 4.95. The maximum absolute atomic E-state index is 10.4. The van der Waals surface area contributed by atoms with Crippen molar-refractivity contribution in [3.63, 3.8) is 0 Å². The maximum Gasteiger partial charge on any atom is 0.244 e. The highest BCUT2D eigenvalue weighted by Crippen LogP contribution is 2.19. The third kappa shape index (κ3) is 3.77. The predicted octanol–water partition coefficient (Wildman–Crippen LogP) is 2.53. The predicted molar refractivity (Wildman–Crippen MR) is 97.1 cm³/mol. The zero-order valence-electron chi connectivity index (χ0n) is 15.2. The first kappa shape index (κ1) is 17.3. The Bertz CT molecular complexity index is 869. The molecular formula is C20H25N2O3+. The van der Waals surface area contributed by atoms with E-state index >= 15 is 0 Å². The van der Waals surface area contributed by atoms with Crippen molar-refractivity contribution >= 4 is 11.0 Å². The Hall–Kier alpha value is -2.53. The van der Waals surface area contributed by atoms with Crippen LogP contribution >= 0.6 is 0 Å². The first-order valence-electron chi connectivity index (χ1n) is 8.38. The largest absolute Gasteiger partial charge is 0.497 e. The molecule has 0 aliphatic heterocycles. The number of aromatic nitrogens is 2. The van der Waals surface area contributed by atoms with Crippen LogP contribution in [-0.4, -0.2) is 29.5 Å². The van der Waals surface area contributed by atoms with Crippen LogP contribution in [-0.2, 0) is 13.6 Å². The van der Waals surface area contributed by atoms with Crippen molar-refractivity contribution in [1.29, 1.82) is 0 Å². The molecule has 0 spiro atoms. The molecule has 1 N–H and O–H groups in total. The Labute approximate surface area is 148 Å². The molecule has 5 heteroatoms. The zero-order valence-corrected chi connectivity index (χ0v) is 15.2. The highest BCUT2D eigenvalue weighted by molar-refractivity contribution is 5.74. The second kappa shape index (κ2) is 7.15. The van der Waals surface area contributed by atoms with Gasteiger partial charge in [-0.05, 0) is 61.4 Å². The van der Waals surface area contributed by atoms with Gasteiger partial charge in [0.15, 0.2) is 11.0 Å². The van der Waals surface area contributed by atoms with Gasteiger partial charge in [-0.3, -0.25) is 0 Å². The fourth-order valence-corrected chi connectivity index (χ4v) is 2.92. The van der Waals surface area contributed by atoms with E-state index in [0.29, 0.717) is 12.3 Å². The zero-order chi connectivity index (χ0) is 18.0. The quantitative estimate of drug-likeness (QED) is 0.701. The first-order valence-corrected chi connectivity index (χ1v) is 8.38. The number of imidazole rings is 1. The van der Waals surface area contributed by atoms with Crippen LogP contribution in [0.25, 0.3) is 11.0 Å². The molecule has 0 aliphatic carbocycles. The molecule has 25 heavy (non-hydrogen) atoms. The van der Waals surface area contributed by atoms with E-state index in [4.69, 9.17) is 9.47 Å². The molecule has 0 saturated heterocycles. The summed E-state index contributed by atoms with van der Waals surface area (Å²) in [4.78, 5) is 0. The Morgan fingerprint density at radius 2 is 1.72 bits per heavy atom. The summed E-state index contributed by atoms with van der Waals surface area (Å²) >= 11 is 0. The molecule has 0 bridgehead atoms. The summed E-state index contributed by atoms with van der Waals surface area (Å²) in [6.07, 6.45) is 1.42. The lowest BCUT2D eigenvalue weighted by molar-refractivity contribution is -0.645. The van der Waals surface area contributed by atoms with Crippen LogP contribution in [0.4, 0.5) is 0 Å². The minimum Gasteiger partial charge on any atom is -0.497 e. The molecule has 3 aromatic rings. The van der Waals surface area contributed by atoms with Crippen molar-refractivity contribution in [3.05, 3.63) is 53.9 Å². The highest BCUT2D eigenvalue weighted by atomic mass is 16.5. The van der Waals surface area contributed by atoms with Crippen LogP contribution in [0, 0.1) is 13.8 Å². The van der Waals surface area contributed by atoms with E-state index < -0.39 is 6.10 Å². The Morgan fingerprint density at radius 3 is 2.40 bits per heavy atom. The number of aryl methyl sites for hydroxylation is 3. The summed E-state index contributed by atoms with van der Waals surface area (Å²) in [7, 11) is 3.65. The Morgan fingerprint density at radius 1 is 1.08 bits per heavy atom. The van der Waals surface area contributed by atoms with E-state index in [0.717, 1.165) is 16.8 Å². The van der Waals surface area contributed by atoms with Crippen molar-refractivity contribution in [3.8, 4) is 11.5 Å². The van der Waals surface area contributed by atoms with E-state index in [1.165, 1.54) is 11.1 Å². The normalized spacial score (nSPS) is 12.4. The number of ether oxygens (including phenoxy) is 2. The van der Waals surface area contributed by atoms with Gasteiger partial charge in [0.2, 0.25) is 6.33 Å². The topological polar surface area (TPSA) is 47.5 Å². The summed E-state index contributed by atoms with van der Waals surface area (Å²) in [5.74, 6) is 1.50. The summed E-state index contributed by atoms with van der Waals surface area (Å²) in [6, 6.07) is 11.7. The molecule has 1 atom stereocenters. The molecule has 1 unspecified atom stereocenters. The molecule has 0 aliphatic rings. The van der Waals surface area contributed by atoms with Crippen LogP contribution in [0.2, 0.25) is 0 Å². The lowest BCUT2D eigenvalue weighted by Gasteiger charge is -2.11. The molecular weight excluding hydrogens is 316 g/mol. The number of aliphatic hydroxyl groups is 1. The van der Waals surface area contributed by atoms with Gasteiger partial charge < -0.3 is 14.6 Å². The van der Waals surface area contributed by atoms with Gasteiger partial charge in [-0.2, -0.15) is 0 Å². The number of hydrogen-bond donors (Lipinski definition) is 1. The van der Waals surface area contributed by atoms with Crippen LogP contribution < -0.4 is 14.0 Å². The molecule has 1 heterocycles. The fourth-order valence-electron chi connectivity index (χ4n) is 2.92. The third-order valence-corrected chi connectivity index (χ3v) is 4.50. The second-order valence-electron chi connectivity index (χ2n) is 6.44. The van der Waals surface area contributed by atoms with Crippen molar-refractivity contribution in [2.75, 3.05) is 13.7 Å². The number of rotatable bonds is 6. The standard InChI is InChI=1S/C20H25N2O3/c1-14-9-19-20(10-15(14)2)22(13-21(19)3)11-16(23)12-25-18-7-5-17(24-4)6-8-18/h5-10,13,16,23H,11-12H2,1-4H3/q+1. The number of nitrogens with zero attached hydrogens (tertiary/aromatic N) is 2. The van der Waals surface area contributed by atoms with Gasteiger partial charge in [0.05, 0.1) is 14.2 Å². The monoisotopic (exact) mass is 341 g/mol. The van der Waals surface area contributed by atoms with E-state index in [-0.39, 0.29) is 6.61 Å². The Balaban J connectivity index is 1.69. The summed E-state index contributed by atoms with van der Waals surface area (Å²) in [6.45, 7) is 4.94. The molecule has 1 aromatic heterocycles. The smallest absolute Gasteiger partial charge is 0.244 e. The van der Waals surface area contributed by atoms with E-state index in [2.05, 4.69) is 35.1 Å². The van der Waals surface area contributed by atoms with Crippen LogP contribution in [0.5, 0.6) is 11.5 Å². The van der Waals surface area contributed by atoms with Crippen molar-refractivity contribution < 1.29 is 19.1 Å².